The molecule has 7 heterocycles. The van der Waals surface area contributed by atoms with Gasteiger partial charge in [-0.05, 0) is 5.92 Å². The van der Waals surface area contributed by atoms with Crippen LogP contribution in [0.25, 0.3) is 0 Å². The minimum absolute atomic E-state index is 0.338. The lowest BCUT2D eigenvalue weighted by Crippen LogP contribution is -2.70. The van der Waals surface area contributed by atoms with Gasteiger partial charge in [0.05, 0.1) is 58.4 Å². The summed E-state index contributed by atoms with van der Waals surface area (Å²) < 4.78 is 75.6. The highest BCUT2D eigenvalue weighted by atomic mass is 16.8. The van der Waals surface area contributed by atoms with Gasteiger partial charge in [-0.1, -0.05) is 13.8 Å². The minimum atomic E-state index is -2.32. The number of hydrogen-bond acceptors (Lipinski definition) is 35. The lowest BCUT2D eigenvalue weighted by Gasteiger charge is -2.51. The molecule has 0 radical (unpaired) electrons. The molecule has 7 fully saturated rings. The van der Waals surface area contributed by atoms with Crippen LogP contribution >= 0.6 is 0 Å². The highest BCUT2D eigenvalue weighted by Crippen LogP contribution is 2.37. The zero-order valence-electron chi connectivity index (χ0n) is 46.8. The van der Waals surface area contributed by atoms with Crippen LogP contribution in [0.2, 0.25) is 0 Å². The number of rotatable bonds is 22. The average molecular weight is 1260 g/mol. The van der Waals surface area contributed by atoms with Crippen LogP contribution in [0.4, 0.5) is 0 Å². The van der Waals surface area contributed by atoms with Crippen molar-refractivity contribution in [3.8, 4) is 0 Å². The fraction of sp³-hybridized carbons (Fsp3) is 0.959. The van der Waals surface area contributed by atoms with E-state index in [1.807, 2.05) is 0 Å². The summed E-state index contributed by atoms with van der Waals surface area (Å²) >= 11 is 0. The van der Waals surface area contributed by atoms with Gasteiger partial charge in [0.25, 0.3) is 0 Å². The Kier molecular flexibility index (Phi) is 25.5. The molecule has 35 atom stereocenters. The fourth-order valence-corrected chi connectivity index (χ4v) is 11.2. The molecule has 500 valence electrons. The molecular formula is C49H84N2O35. The van der Waals surface area contributed by atoms with E-state index in [1.54, 1.807) is 13.8 Å². The van der Waals surface area contributed by atoms with Crippen molar-refractivity contribution in [2.45, 2.75) is 242 Å². The number of carbonyl (C=O) groups is 2. The minimum Gasteiger partial charge on any atom is -0.394 e. The van der Waals surface area contributed by atoms with Crippen LogP contribution in [0.15, 0.2) is 0 Å². The quantitative estimate of drug-likeness (QED) is 0.0479. The highest BCUT2D eigenvalue weighted by Gasteiger charge is 2.58. The maximum atomic E-state index is 12.8. The van der Waals surface area contributed by atoms with E-state index in [9.17, 15) is 112 Å². The molecule has 0 aromatic rings. The van der Waals surface area contributed by atoms with Gasteiger partial charge in [-0.25, -0.2) is 0 Å². The van der Waals surface area contributed by atoms with Crippen LogP contribution in [0.5, 0.6) is 0 Å². The Bertz CT molecular complexity index is 2110. The van der Waals surface area contributed by atoms with Crippen molar-refractivity contribution in [3.05, 3.63) is 0 Å². The van der Waals surface area contributed by atoms with Gasteiger partial charge in [0, 0.05) is 13.8 Å². The van der Waals surface area contributed by atoms with Gasteiger partial charge in [-0.15, -0.1) is 0 Å². The number of amides is 2. The summed E-state index contributed by atoms with van der Waals surface area (Å²) in [5, 5.41) is 222. The van der Waals surface area contributed by atoms with Crippen molar-refractivity contribution in [3.63, 3.8) is 0 Å². The van der Waals surface area contributed by atoms with E-state index < -0.39 is 273 Å². The number of hydrogen-bond donors (Lipinski definition) is 22. The molecule has 35 unspecified atom stereocenters. The van der Waals surface area contributed by atoms with Gasteiger partial charge in [0.15, 0.2) is 37.7 Å². The van der Waals surface area contributed by atoms with Crippen molar-refractivity contribution in [1.82, 2.24) is 10.6 Å². The van der Waals surface area contributed by atoms with Crippen LogP contribution in [0.3, 0.4) is 0 Å². The second-order valence-corrected chi connectivity index (χ2v) is 22.4. The fourth-order valence-electron chi connectivity index (χ4n) is 11.2. The first kappa shape index (κ1) is 71.1. The third kappa shape index (κ3) is 15.4. The third-order valence-electron chi connectivity index (χ3n) is 16.0. The van der Waals surface area contributed by atoms with Crippen molar-refractivity contribution in [2.24, 2.45) is 5.92 Å². The predicted octanol–water partition coefficient (Wildman–Crippen LogP) is -14.3. The van der Waals surface area contributed by atoms with Crippen LogP contribution in [-0.2, 0) is 71.2 Å². The van der Waals surface area contributed by atoms with E-state index in [4.69, 9.17) is 61.6 Å². The van der Waals surface area contributed by atoms with Crippen LogP contribution in [0.1, 0.15) is 27.7 Å². The largest absolute Gasteiger partial charge is 0.394 e. The lowest BCUT2D eigenvalue weighted by atomic mass is 9.87. The molecular weight excluding hydrogens is 1180 g/mol. The molecule has 0 aliphatic carbocycles. The van der Waals surface area contributed by atoms with Gasteiger partial charge >= 0.3 is 0 Å². The molecule has 7 aliphatic rings. The average Bonchev–Trinajstić information content (AvgIpc) is 1.26. The summed E-state index contributed by atoms with van der Waals surface area (Å²) in [4.78, 5) is 25.1. The topological polar surface area (TPSA) is 583 Å². The van der Waals surface area contributed by atoms with Crippen LogP contribution < -0.4 is 10.6 Å². The molecule has 0 aromatic heterocycles. The molecule has 2 amide bonds. The second kappa shape index (κ2) is 30.8. The highest BCUT2D eigenvalue weighted by molar-refractivity contribution is 5.73. The Labute approximate surface area is 489 Å². The Morgan fingerprint density at radius 3 is 1.06 bits per heavy atom. The van der Waals surface area contributed by atoms with E-state index in [0.717, 1.165) is 6.92 Å². The zero-order valence-corrected chi connectivity index (χ0v) is 46.8. The summed E-state index contributed by atoms with van der Waals surface area (Å²) in [7, 11) is 0. The SMILES string of the molecule is CC(=O)NC1C(OC2C(CO)OC(C(C)C)C(NC(C)=O)C2O)OC(CO)C(OC2OC(COC3OC(COC4OC(CO)C(O)C(O)C4O)C(O)C(OC4OC(CO)C(O)C(O)C4O)C3O)C(O)C(OC3OC(CO)C(O)C(O)C3O)C2O)C1O. The van der Waals surface area contributed by atoms with E-state index in [0.29, 0.717) is 0 Å². The molecule has 0 spiro atoms. The smallest absolute Gasteiger partial charge is 0.217 e. The number of nitrogens with one attached hydrogen (secondary N) is 2. The summed E-state index contributed by atoms with van der Waals surface area (Å²) in [6.07, 6.45) is -63.0. The van der Waals surface area contributed by atoms with Gasteiger partial charge in [0.1, 0.15) is 165 Å². The van der Waals surface area contributed by atoms with E-state index in [-0.39, 0.29) is 5.92 Å². The van der Waals surface area contributed by atoms with Gasteiger partial charge in [-0.3, -0.25) is 9.59 Å². The van der Waals surface area contributed by atoms with Crippen molar-refractivity contribution in [2.75, 3.05) is 46.2 Å². The number of aliphatic hydroxyl groups excluding tert-OH is 20. The van der Waals surface area contributed by atoms with Crippen molar-refractivity contribution < 1.29 is 173 Å². The normalized spacial score (nSPS) is 49.5. The first-order valence-electron chi connectivity index (χ1n) is 27.9. The first-order valence-corrected chi connectivity index (χ1v) is 27.9. The molecule has 86 heavy (non-hydrogen) atoms. The zero-order chi connectivity index (χ0) is 63.5. The maximum Gasteiger partial charge on any atom is 0.217 e. The number of aliphatic hydroxyl groups is 20. The summed E-state index contributed by atoms with van der Waals surface area (Å²) in [5.74, 6) is -1.73. The predicted molar refractivity (Wildman–Crippen MR) is 268 cm³/mol. The summed E-state index contributed by atoms with van der Waals surface area (Å²) in [6, 6.07) is -2.88. The molecule has 37 heteroatoms. The van der Waals surface area contributed by atoms with Gasteiger partial charge in [0.2, 0.25) is 11.8 Å². The molecule has 37 nitrogen and oxygen atoms in total. The molecule has 22 N–H and O–H groups in total. The summed E-state index contributed by atoms with van der Waals surface area (Å²) in [5.41, 5.74) is 0. The van der Waals surface area contributed by atoms with Gasteiger partial charge in [-0.2, -0.15) is 0 Å². The third-order valence-corrected chi connectivity index (χ3v) is 16.0. The maximum absolute atomic E-state index is 12.8. The van der Waals surface area contributed by atoms with Gasteiger partial charge < -0.3 is 174 Å². The standard InChI is InChI=1S/C49H84N2O35/c1-12(2)39-22(50-13(3)57)29(64)40(18(8-55)76-39)83-44-23(51-14(4)58)30(65)41(19(9-56)80-44)84-49-38(73)43(86-48-36(71)33(68)26(61)17(7-54)79-48)28(63)21(82-49)11-75-46-37(72)42(85-47-35(70)32(67)25(60)16(6-53)78-47)27(62)20(81-46)10-74-45-34(69)31(66)24(59)15(5-52)77-45/h12,15-49,52-56,59-73H,5-11H2,1-4H3,(H,50,57)(H,51,58). The Morgan fingerprint density at radius 1 is 0.337 bits per heavy atom. The lowest BCUT2D eigenvalue weighted by molar-refractivity contribution is -0.387. The second-order valence-electron chi connectivity index (χ2n) is 22.4. The van der Waals surface area contributed by atoms with E-state index in [2.05, 4.69) is 10.6 Å². The molecule has 0 aromatic carbocycles. The summed E-state index contributed by atoms with van der Waals surface area (Å²) in [6.45, 7) is -0.909. The molecule has 0 bridgehead atoms. The Balaban J connectivity index is 1.17. The monoisotopic (exact) mass is 1260 g/mol. The molecule has 7 aliphatic heterocycles. The first-order chi connectivity index (χ1) is 40.6. The van der Waals surface area contributed by atoms with Crippen molar-refractivity contribution in [1.29, 1.82) is 0 Å². The molecule has 0 saturated carbocycles. The van der Waals surface area contributed by atoms with Crippen LogP contribution in [-0.4, -0.2) is 375 Å². The van der Waals surface area contributed by atoms with Crippen LogP contribution in [0, 0.1) is 5.92 Å². The Hall–Kier alpha value is -2.38. The molecule has 7 rings (SSSR count). The van der Waals surface area contributed by atoms with E-state index in [1.165, 1.54) is 6.92 Å². The molecule has 7 saturated heterocycles. The van der Waals surface area contributed by atoms with Crippen molar-refractivity contribution >= 4 is 11.8 Å². The van der Waals surface area contributed by atoms with E-state index >= 15 is 0 Å². The number of ether oxygens (including phenoxy) is 13. The number of carbonyl (C=O) groups excluding carboxylic acids is 2. The Morgan fingerprint density at radius 2 is 0.640 bits per heavy atom.